The quantitative estimate of drug-likeness (QED) is 0.582. The zero-order chi connectivity index (χ0) is 8.39. The largest absolute Gasteiger partial charge is 0.460 e. The molecule has 68 valence electrons. The first-order chi connectivity index (χ1) is 5.86. The van der Waals surface area contributed by atoms with Crippen LogP contribution in [0.4, 0.5) is 0 Å². The van der Waals surface area contributed by atoms with Gasteiger partial charge in [0, 0.05) is 6.42 Å². The maximum absolute atomic E-state index is 11.3. The molecule has 0 amide bonds. The highest BCUT2D eigenvalue weighted by atomic mass is 16.6. The molecule has 0 aromatic rings. The summed E-state index contributed by atoms with van der Waals surface area (Å²) in [4.78, 5) is 11.3. The second kappa shape index (κ2) is 3.44. The zero-order valence-electron chi connectivity index (χ0n) is 7.12. The molecular weight excluding hydrogens is 156 g/mol. The van der Waals surface area contributed by atoms with Gasteiger partial charge in [0.15, 0.2) is 0 Å². The summed E-state index contributed by atoms with van der Waals surface area (Å²) < 4.78 is 10.4. The lowest BCUT2D eigenvalue weighted by molar-refractivity contribution is -0.156. The molecular formula is C9H14O3. The van der Waals surface area contributed by atoms with Crippen LogP contribution in [0.2, 0.25) is 0 Å². The first kappa shape index (κ1) is 8.05. The Kier molecular flexibility index (Phi) is 2.30. The Bertz CT molecular complexity index is 169. The average molecular weight is 170 g/mol. The van der Waals surface area contributed by atoms with E-state index < -0.39 is 0 Å². The van der Waals surface area contributed by atoms with Crippen LogP contribution in [-0.4, -0.2) is 25.3 Å². The van der Waals surface area contributed by atoms with E-state index in [0.29, 0.717) is 6.61 Å². The fourth-order valence-electron chi connectivity index (χ4n) is 1.51. The predicted octanol–water partition coefficient (Wildman–Crippen LogP) is 1.12. The lowest BCUT2D eigenvalue weighted by atomic mass is 9.86. The Morgan fingerprint density at radius 3 is 2.67 bits per heavy atom. The molecule has 0 aromatic carbocycles. The molecule has 3 nitrogen and oxygen atoms in total. The molecule has 0 spiro atoms. The Morgan fingerprint density at radius 2 is 2.17 bits per heavy atom. The molecule has 2 aliphatic rings. The molecule has 1 aliphatic heterocycles. The van der Waals surface area contributed by atoms with Gasteiger partial charge in [-0.3, -0.25) is 4.79 Å². The van der Waals surface area contributed by atoms with Crippen LogP contribution < -0.4 is 0 Å². The number of carbonyl (C=O) groups is 1. The second-order valence-electron chi connectivity index (χ2n) is 3.55. The van der Waals surface area contributed by atoms with Crippen LogP contribution in [0.1, 0.15) is 25.7 Å². The summed E-state index contributed by atoms with van der Waals surface area (Å²) in [5.74, 6) is 0.197. The highest BCUT2D eigenvalue weighted by molar-refractivity contribution is 5.73. The molecule has 0 radical (unpaired) electrons. The molecule has 3 heteroatoms. The van der Waals surface area contributed by atoms with E-state index in [-0.39, 0.29) is 18.0 Å². The van der Waals surface area contributed by atoms with Crippen molar-refractivity contribution in [3.8, 4) is 0 Å². The maximum atomic E-state index is 11.3. The highest BCUT2D eigenvalue weighted by Crippen LogP contribution is 2.28. The molecule has 1 atom stereocenters. The third kappa shape index (κ3) is 1.61. The summed E-state index contributed by atoms with van der Waals surface area (Å²) in [6, 6.07) is 0. The Balaban J connectivity index is 1.73. The monoisotopic (exact) mass is 170 g/mol. The number of hydrogen-bond acceptors (Lipinski definition) is 3. The van der Waals surface area contributed by atoms with E-state index in [1.807, 2.05) is 0 Å². The smallest absolute Gasteiger partial charge is 0.309 e. The molecule has 2 rings (SSSR count). The summed E-state index contributed by atoms with van der Waals surface area (Å²) in [7, 11) is 0. The summed E-state index contributed by atoms with van der Waals surface area (Å²) >= 11 is 0. The van der Waals surface area contributed by atoms with Crippen LogP contribution in [-0.2, 0) is 14.3 Å². The summed E-state index contributed by atoms with van der Waals surface area (Å²) in [6.45, 7) is 1.33. The number of carbonyl (C=O) groups excluding carboxylic acids is 1. The summed E-state index contributed by atoms with van der Waals surface area (Å²) in [6.07, 6.45) is 4.14. The molecule has 12 heavy (non-hydrogen) atoms. The Morgan fingerprint density at radius 1 is 1.33 bits per heavy atom. The van der Waals surface area contributed by atoms with Crippen LogP contribution in [0.3, 0.4) is 0 Å². The van der Waals surface area contributed by atoms with Crippen molar-refractivity contribution in [3.05, 3.63) is 0 Å². The topological polar surface area (TPSA) is 35.5 Å². The number of hydrogen-bond donors (Lipinski definition) is 0. The fraction of sp³-hybridized carbons (Fsp3) is 0.889. The third-order valence-electron chi connectivity index (χ3n) is 2.61. The molecule has 0 bridgehead atoms. The van der Waals surface area contributed by atoms with Gasteiger partial charge in [-0.1, -0.05) is 6.42 Å². The van der Waals surface area contributed by atoms with E-state index in [0.717, 1.165) is 25.9 Å². The predicted molar refractivity (Wildman–Crippen MR) is 42.7 cm³/mol. The second-order valence-corrected chi connectivity index (χ2v) is 3.55. The van der Waals surface area contributed by atoms with E-state index in [1.54, 1.807) is 0 Å². The van der Waals surface area contributed by atoms with Crippen molar-refractivity contribution in [2.45, 2.75) is 31.8 Å². The summed E-state index contributed by atoms with van der Waals surface area (Å²) in [5, 5.41) is 0. The van der Waals surface area contributed by atoms with Gasteiger partial charge in [-0.25, -0.2) is 0 Å². The number of esters is 1. The van der Waals surface area contributed by atoms with E-state index in [9.17, 15) is 4.79 Å². The normalized spacial score (nSPS) is 29.8. The van der Waals surface area contributed by atoms with Crippen LogP contribution >= 0.6 is 0 Å². The van der Waals surface area contributed by atoms with Gasteiger partial charge >= 0.3 is 5.97 Å². The minimum Gasteiger partial charge on any atom is -0.460 e. The summed E-state index contributed by atoms with van der Waals surface area (Å²) in [5.41, 5.74) is 0. The molecule has 0 N–H and O–H groups in total. The van der Waals surface area contributed by atoms with Crippen molar-refractivity contribution in [1.82, 2.24) is 0 Å². The zero-order valence-corrected chi connectivity index (χ0v) is 7.12. The van der Waals surface area contributed by atoms with Gasteiger partial charge in [0.25, 0.3) is 0 Å². The molecule has 0 unspecified atom stereocenters. The highest BCUT2D eigenvalue weighted by Gasteiger charge is 2.29. The van der Waals surface area contributed by atoms with Crippen molar-refractivity contribution < 1.29 is 14.3 Å². The SMILES string of the molecule is O=C(O[C@@H]1CCOC1)C1CCC1. The Hall–Kier alpha value is -0.570. The van der Waals surface area contributed by atoms with Crippen molar-refractivity contribution in [3.63, 3.8) is 0 Å². The molecule has 2 fully saturated rings. The van der Waals surface area contributed by atoms with Crippen LogP contribution in [0.15, 0.2) is 0 Å². The van der Waals surface area contributed by atoms with Gasteiger partial charge in [0.05, 0.1) is 19.1 Å². The van der Waals surface area contributed by atoms with Gasteiger partial charge < -0.3 is 9.47 Å². The maximum Gasteiger partial charge on any atom is 0.309 e. The molecule has 0 aromatic heterocycles. The van der Waals surface area contributed by atoms with Crippen LogP contribution in [0.5, 0.6) is 0 Å². The molecule has 1 saturated carbocycles. The lowest BCUT2D eigenvalue weighted by Crippen LogP contribution is -2.28. The standard InChI is InChI=1S/C9H14O3/c10-9(7-2-1-3-7)12-8-4-5-11-6-8/h7-8H,1-6H2/t8-/m1/s1. The van der Waals surface area contributed by atoms with E-state index >= 15 is 0 Å². The van der Waals surface area contributed by atoms with Crippen molar-refractivity contribution in [1.29, 1.82) is 0 Å². The van der Waals surface area contributed by atoms with Gasteiger partial charge in [-0.2, -0.15) is 0 Å². The van der Waals surface area contributed by atoms with E-state index in [4.69, 9.17) is 9.47 Å². The van der Waals surface area contributed by atoms with Gasteiger partial charge in [0.2, 0.25) is 0 Å². The first-order valence-electron chi connectivity index (χ1n) is 4.64. The van der Waals surface area contributed by atoms with Gasteiger partial charge in [0.1, 0.15) is 6.10 Å². The molecule has 1 saturated heterocycles. The van der Waals surface area contributed by atoms with Crippen molar-refractivity contribution in [2.24, 2.45) is 5.92 Å². The van der Waals surface area contributed by atoms with E-state index in [1.165, 1.54) is 6.42 Å². The third-order valence-corrected chi connectivity index (χ3v) is 2.61. The van der Waals surface area contributed by atoms with Gasteiger partial charge in [-0.15, -0.1) is 0 Å². The number of rotatable bonds is 2. The first-order valence-corrected chi connectivity index (χ1v) is 4.64. The molecule has 1 aliphatic carbocycles. The van der Waals surface area contributed by atoms with Gasteiger partial charge in [-0.05, 0) is 12.8 Å². The fourth-order valence-corrected chi connectivity index (χ4v) is 1.51. The van der Waals surface area contributed by atoms with Crippen molar-refractivity contribution >= 4 is 5.97 Å². The minimum atomic E-state index is -0.00301. The van der Waals surface area contributed by atoms with E-state index in [2.05, 4.69) is 0 Å². The average Bonchev–Trinajstić information content (AvgIpc) is 2.34. The van der Waals surface area contributed by atoms with Crippen LogP contribution in [0.25, 0.3) is 0 Å². The van der Waals surface area contributed by atoms with Crippen LogP contribution in [0, 0.1) is 5.92 Å². The van der Waals surface area contributed by atoms with Crippen molar-refractivity contribution in [2.75, 3.05) is 13.2 Å². The Labute approximate surface area is 72.0 Å². The molecule has 1 heterocycles. The lowest BCUT2D eigenvalue weighted by Gasteiger charge is -2.24. The minimum absolute atomic E-state index is 0.00301. The number of ether oxygens (including phenoxy) is 2.